The van der Waals surface area contributed by atoms with Crippen molar-refractivity contribution >= 4 is 21.6 Å². The highest BCUT2D eigenvalue weighted by Gasteiger charge is 2.23. The third-order valence-corrected chi connectivity index (χ3v) is 4.32. The predicted molar refractivity (Wildman–Crippen MR) is 69.9 cm³/mol. The summed E-state index contributed by atoms with van der Waals surface area (Å²) in [6, 6.07) is 6.72. The molecule has 1 aromatic carbocycles. The molecule has 0 spiro atoms. The Labute approximate surface area is 107 Å². The zero-order valence-electron chi connectivity index (χ0n) is 10.2. The fourth-order valence-electron chi connectivity index (χ4n) is 1.53. The van der Waals surface area contributed by atoms with Crippen molar-refractivity contribution in [1.29, 1.82) is 0 Å². The smallest absolute Gasteiger partial charge is 0.232 e. The highest BCUT2D eigenvalue weighted by atomic mass is 32.2. The van der Waals surface area contributed by atoms with Crippen LogP contribution in [0.3, 0.4) is 0 Å². The van der Waals surface area contributed by atoms with Gasteiger partial charge in [-0.2, -0.15) is 4.31 Å². The Morgan fingerprint density at radius 2 is 1.94 bits per heavy atom. The van der Waals surface area contributed by atoms with E-state index in [0.29, 0.717) is 11.3 Å². The number of para-hydroxylation sites is 1. The molecule has 0 bridgehead atoms. The van der Waals surface area contributed by atoms with Gasteiger partial charge in [0.15, 0.2) is 0 Å². The van der Waals surface area contributed by atoms with Crippen molar-refractivity contribution in [1.82, 2.24) is 4.31 Å². The van der Waals surface area contributed by atoms with E-state index in [-0.39, 0.29) is 18.8 Å². The lowest BCUT2D eigenvalue weighted by Crippen LogP contribution is -2.38. The summed E-state index contributed by atoms with van der Waals surface area (Å²) >= 11 is 0. The number of nitrogens with zero attached hydrogens (tertiary/aromatic N) is 1. The lowest BCUT2D eigenvalue weighted by molar-refractivity contribution is -0.118. The second-order valence-electron chi connectivity index (χ2n) is 3.85. The van der Waals surface area contributed by atoms with E-state index in [4.69, 9.17) is 11.5 Å². The van der Waals surface area contributed by atoms with Crippen LogP contribution in [0.5, 0.6) is 0 Å². The van der Waals surface area contributed by atoms with E-state index in [2.05, 4.69) is 0 Å². The third-order valence-electron chi connectivity index (χ3n) is 2.47. The number of nitrogen functional groups attached to an aromatic ring is 1. The monoisotopic (exact) mass is 271 g/mol. The first-order chi connectivity index (χ1) is 8.36. The van der Waals surface area contributed by atoms with E-state index in [1.165, 1.54) is 0 Å². The van der Waals surface area contributed by atoms with Gasteiger partial charge in [0.1, 0.15) is 0 Å². The van der Waals surface area contributed by atoms with Crippen molar-refractivity contribution in [2.45, 2.75) is 12.7 Å². The minimum atomic E-state index is -3.59. The summed E-state index contributed by atoms with van der Waals surface area (Å²) in [6.45, 7) is 1.53. The Morgan fingerprint density at radius 3 is 2.44 bits per heavy atom. The maximum atomic E-state index is 12.1. The molecule has 0 aliphatic heterocycles. The van der Waals surface area contributed by atoms with Crippen LogP contribution in [0.1, 0.15) is 12.5 Å². The second kappa shape index (κ2) is 5.83. The number of primary amides is 1. The molecule has 18 heavy (non-hydrogen) atoms. The summed E-state index contributed by atoms with van der Waals surface area (Å²) in [5.41, 5.74) is 11.6. The first-order valence-corrected chi connectivity index (χ1v) is 7.07. The molecule has 7 heteroatoms. The fraction of sp³-hybridized carbons (Fsp3) is 0.364. The number of carbonyl (C=O) groups excluding carboxylic acids is 1. The maximum Gasteiger partial charge on any atom is 0.232 e. The highest BCUT2D eigenvalue weighted by molar-refractivity contribution is 7.88. The van der Waals surface area contributed by atoms with Gasteiger partial charge in [-0.15, -0.1) is 0 Å². The molecular formula is C11H17N3O3S. The number of hydrogen-bond donors (Lipinski definition) is 2. The SMILES string of the molecule is CCN(CC(N)=O)S(=O)(=O)Cc1ccccc1N. The Hall–Kier alpha value is -1.60. The highest BCUT2D eigenvalue weighted by Crippen LogP contribution is 2.16. The molecule has 4 N–H and O–H groups in total. The zero-order valence-corrected chi connectivity index (χ0v) is 11.0. The largest absolute Gasteiger partial charge is 0.398 e. The minimum Gasteiger partial charge on any atom is -0.398 e. The van der Waals surface area contributed by atoms with E-state index < -0.39 is 15.9 Å². The van der Waals surface area contributed by atoms with Crippen LogP contribution in [0.15, 0.2) is 24.3 Å². The normalized spacial score (nSPS) is 11.7. The average molecular weight is 271 g/mol. The molecule has 6 nitrogen and oxygen atoms in total. The molecule has 0 radical (unpaired) electrons. The first kappa shape index (κ1) is 14.5. The Kier molecular flexibility index (Phi) is 4.69. The number of benzene rings is 1. The molecule has 0 aromatic heterocycles. The molecular weight excluding hydrogens is 254 g/mol. The van der Waals surface area contributed by atoms with Crippen molar-refractivity contribution in [3.63, 3.8) is 0 Å². The van der Waals surface area contributed by atoms with Gasteiger partial charge < -0.3 is 11.5 Å². The summed E-state index contributed by atoms with van der Waals surface area (Å²) in [7, 11) is -3.59. The molecule has 0 heterocycles. The molecule has 0 atom stereocenters. The zero-order chi connectivity index (χ0) is 13.8. The number of rotatable bonds is 6. The Morgan fingerprint density at radius 1 is 1.33 bits per heavy atom. The van der Waals surface area contributed by atoms with Gasteiger partial charge in [-0.3, -0.25) is 4.79 Å². The summed E-state index contributed by atoms with van der Waals surface area (Å²) in [5, 5.41) is 0. The number of amides is 1. The quantitative estimate of drug-likeness (QED) is 0.705. The van der Waals surface area contributed by atoms with Crippen LogP contribution in [0.2, 0.25) is 0 Å². The topological polar surface area (TPSA) is 106 Å². The van der Waals surface area contributed by atoms with Gasteiger partial charge in [0, 0.05) is 12.2 Å². The van der Waals surface area contributed by atoms with Crippen LogP contribution >= 0.6 is 0 Å². The number of anilines is 1. The molecule has 1 aromatic rings. The second-order valence-corrected chi connectivity index (χ2v) is 5.82. The van der Waals surface area contributed by atoms with Gasteiger partial charge in [0.25, 0.3) is 0 Å². The lowest BCUT2D eigenvalue weighted by Gasteiger charge is -2.19. The number of sulfonamides is 1. The number of carbonyl (C=O) groups is 1. The van der Waals surface area contributed by atoms with Crippen LogP contribution in [-0.2, 0) is 20.6 Å². The molecule has 100 valence electrons. The van der Waals surface area contributed by atoms with Gasteiger partial charge >= 0.3 is 0 Å². The third kappa shape index (κ3) is 3.71. The van der Waals surface area contributed by atoms with E-state index in [1.54, 1.807) is 31.2 Å². The van der Waals surface area contributed by atoms with Gasteiger partial charge in [-0.25, -0.2) is 8.42 Å². The summed E-state index contributed by atoms with van der Waals surface area (Å²) in [5.74, 6) is -0.915. The molecule has 0 aliphatic carbocycles. The van der Waals surface area contributed by atoms with Crippen LogP contribution in [0.25, 0.3) is 0 Å². The number of nitrogens with two attached hydrogens (primary N) is 2. The Balaban J connectivity index is 2.93. The predicted octanol–water partition coefficient (Wildman–Crippen LogP) is -0.0942. The van der Waals surface area contributed by atoms with E-state index in [1.807, 2.05) is 0 Å². The van der Waals surface area contributed by atoms with E-state index in [0.717, 1.165) is 4.31 Å². The fourth-order valence-corrected chi connectivity index (χ4v) is 3.09. The van der Waals surface area contributed by atoms with Crippen molar-refractivity contribution < 1.29 is 13.2 Å². The van der Waals surface area contributed by atoms with Crippen molar-refractivity contribution in [3.05, 3.63) is 29.8 Å². The van der Waals surface area contributed by atoms with Crippen molar-refractivity contribution in [3.8, 4) is 0 Å². The molecule has 0 saturated heterocycles. The van der Waals surface area contributed by atoms with E-state index in [9.17, 15) is 13.2 Å². The average Bonchev–Trinajstić information content (AvgIpc) is 2.28. The molecule has 0 fully saturated rings. The lowest BCUT2D eigenvalue weighted by atomic mass is 10.2. The van der Waals surface area contributed by atoms with Crippen molar-refractivity contribution in [2.75, 3.05) is 18.8 Å². The van der Waals surface area contributed by atoms with Crippen LogP contribution in [0, 0.1) is 0 Å². The van der Waals surface area contributed by atoms with E-state index >= 15 is 0 Å². The molecule has 0 aliphatic rings. The molecule has 1 amide bonds. The summed E-state index contributed by atoms with van der Waals surface area (Å²) in [6.07, 6.45) is 0. The van der Waals surface area contributed by atoms with Gasteiger partial charge in [-0.05, 0) is 11.6 Å². The standard InChI is InChI=1S/C11H17N3O3S/c1-2-14(7-11(13)15)18(16,17)8-9-5-3-4-6-10(9)12/h3-6H,2,7-8,12H2,1H3,(H2,13,15). The van der Waals surface area contributed by atoms with Gasteiger partial charge in [0.2, 0.25) is 15.9 Å². The summed E-state index contributed by atoms with van der Waals surface area (Å²) in [4.78, 5) is 10.8. The number of likely N-dealkylation sites (N-methyl/N-ethyl adjacent to an activating group) is 1. The summed E-state index contributed by atoms with van der Waals surface area (Å²) < 4.78 is 25.2. The van der Waals surface area contributed by atoms with Crippen molar-refractivity contribution in [2.24, 2.45) is 5.73 Å². The molecule has 0 unspecified atom stereocenters. The minimum absolute atomic E-state index is 0.192. The van der Waals surface area contributed by atoms with Gasteiger partial charge in [-0.1, -0.05) is 25.1 Å². The first-order valence-electron chi connectivity index (χ1n) is 5.46. The molecule has 0 saturated carbocycles. The Bertz CT molecular complexity index is 528. The number of hydrogen-bond acceptors (Lipinski definition) is 4. The van der Waals surface area contributed by atoms with Crippen LogP contribution in [-0.4, -0.2) is 31.7 Å². The maximum absolute atomic E-state index is 12.1. The van der Waals surface area contributed by atoms with Crippen LogP contribution in [0.4, 0.5) is 5.69 Å². The van der Waals surface area contributed by atoms with Gasteiger partial charge in [0.05, 0.1) is 12.3 Å². The molecule has 1 rings (SSSR count). The van der Waals surface area contributed by atoms with Crippen LogP contribution < -0.4 is 11.5 Å².